The van der Waals surface area contributed by atoms with Gasteiger partial charge >= 0.3 is 5.97 Å². The molecular formula is C57H75N13O14S. The number of nitrogens with one attached hydrogen (secondary N) is 4. The smallest absolute Gasteiger partial charge is 0.343 e. The summed E-state index contributed by atoms with van der Waals surface area (Å²) in [7, 11) is 0.317. The van der Waals surface area contributed by atoms with Crippen LogP contribution in [0.15, 0.2) is 46.7 Å². The maximum absolute atomic E-state index is 14.1. The van der Waals surface area contributed by atoms with Crippen LogP contribution < -0.4 is 36.3 Å². The van der Waals surface area contributed by atoms with Gasteiger partial charge in [0.1, 0.15) is 37.7 Å². The fourth-order valence-corrected chi connectivity index (χ4v) is 10.9. The van der Waals surface area contributed by atoms with Gasteiger partial charge in [0, 0.05) is 72.8 Å². The van der Waals surface area contributed by atoms with Crippen molar-refractivity contribution in [3.63, 3.8) is 0 Å². The van der Waals surface area contributed by atoms with Crippen LogP contribution in [0.4, 0.5) is 0 Å². The summed E-state index contributed by atoms with van der Waals surface area (Å²) >= 11 is 0. The Balaban J connectivity index is 0.811. The molecule has 0 spiro atoms. The van der Waals surface area contributed by atoms with Crippen LogP contribution in [0, 0.1) is 5.92 Å². The van der Waals surface area contributed by atoms with E-state index in [2.05, 4.69) is 41.5 Å². The molecule has 0 saturated carbocycles. The second kappa shape index (κ2) is 27.8. The highest BCUT2D eigenvalue weighted by atomic mass is 32.2. The van der Waals surface area contributed by atoms with Gasteiger partial charge in [-0.3, -0.25) is 33.4 Å². The molecule has 1 aromatic carbocycles. The molecule has 3 atom stereocenters. The highest BCUT2D eigenvalue weighted by Gasteiger charge is 2.46. The van der Waals surface area contributed by atoms with Crippen molar-refractivity contribution >= 4 is 56.2 Å². The van der Waals surface area contributed by atoms with Crippen LogP contribution >= 0.6 is 0 Å². The Bertz CT molecular complexity index is 3480. The van der Waals surface area contributed by atoms with Crippen molar-refractivity contribution in [2.45, 2.75) is 134 Å². The predicted octanol–water partition coefficient (Wildman–Crippen LogP) is 1.87. The Morgan fingerprint density at radius 3 is 2.34 bits per heavy atom. The van der Waals surface area contributed by atoms with Crippen molar-refractivity contribution in [1.82, 2.24) is 65.6 Å². The van der Waals surface area contributed by atoms with E-state index in [9.17, 15) is 47.1 Å². The normalized spacial score (nSPS) is 15.7. The van der Waals surface area contributed by atoms with Gasteiger partial charge in [-0.25, -0.2) is 28.2 Å². The van der Waals surface area contributed by atoms with Gasteiger partial charge in [-0.1, -0.05) is 39.3 Å². The van der Waals surface area contributed by atoms with Gasteiger partial charge in [0.2, 0.25) is 51.3 Å². The minimum absolute atomic E-state index is 0.00597. The maximum atomic E-state index is 14.1. The highest BCUT2D eigenvalue weighted by Crippen LogP contribution is 2.43. The first-order chi connectivity index (χ1) is 40.6. The monoisotopic (exact) mass is 1200 g/mol. The van der Waals surface area contributed by atoms with Gasteiger partial charge < -0.3 is 59.7 Å². The van der Waals surface area contributed by atoms with Crippen LogP contribution in [0.3, 0.4) is 0 Å². The van der Waals surface area contributed by atoms with E-state index in [-0.39, 0.29) is 93.1 Å². The Morgan fingerprint density at radius 1 is 0.882 bits per heavy atom. The molecule has 5 N–H and O–H groups in total. The number of amides is 5. The number of fused-ring (bicyclic) bond motifs is 6. The van der Waals surface area contributed by atoms with Gasteiger partial charge in [0.15, 0.2) is 17.1 Å². The van der Waals surface area contributed by atoms with E-state index in [1.54, 1.807) is 53.2 Å². The standard InChI is InChI=1S/C57H75N13O14S/c1-8-18-68(21-17-36-37-22-45-46(84-33-83-45)24-42(37)62-51-38(36)28-70-44(51)23-40-39(54(70)76)30-82-55(77)57(40,78)9-2)49(73)31-81-32-61-48(72)27-58-52(74)41(15-12-14-19-67(5)6)63-53(75)50(34(3)4)64-47(71)16-11-10-13-20-69-29-43(65-66-69)35-25-59-56(60-26-35)85(7,79)80/h22-26,29,34,41,50,78H,8-21,27-28,30-33H2,1-7H3,(H,58,74)(H,61,72)(H,63,75)(H,64,71)/t41-,50-,57-/m0/s1. The van der Waals surface area contributed by atoms with Gasteiger partial charge in [0.25, 0.3) is 5.56 Å². The highest BCUT2D eigenvalue weighted by molar-refractivity contribution is 7.90. The molecule has 0 saturated heterocycles. The SMILES string of the molecule is CCCN(CCc1c2c(nc3cc4c(cc13)OCO4)-c1cc3c(c(=O)n1C2)COC(=O)[C@]3(O)CC)C(=O)COCNC(=O)CNC(=O)[C@H](CCCCN(C)C)NC(=O)[C@@H](NC(=O)CCCCCn1cc(-c2cnc(S(C)(=O)=O)nc2)nn1)C(C)C. The molecule has 27 nitrogen and oxygen atoms in total. The van der Waals surface area contributed by atoms with Gasteiger partial charge in [0.05, 0.1) is 41.8 Å². The number of hydrogen-bond donors (Lipinski definition) is 5. The van der Waals surface area contributed by atoms with Crippen LogP contribution in [0.1, 0.15) is 108 Å². The number of pyridine rings is 2. The van der Waals surface area contributed by atoms with Crippen molar-refractivity contribution in [1.29, 1.82) is 0 Å². The minimum atomic E-state index is -3.54. The first kappa shape index (κ1) is 63.1. The second-order valence-corrected chi connectivity index (χ2v) is 23.9. The molecule has 0 bridgehead atoms. The molecule has 7 heterocycles. The number of sulfone groups is 1. The average Bonchev–Trinajstić information content (AvgIpc) is 1.77. The molecule has 85 heavy (non-hydrogen) atoms. The molecule has 0 fully saturated rings. The quantitative estimate of drug-likeness (QED) is 0.0186. The summed E-state index contributed by atoms with van der Waals surface area (Å²) in [6.45, 7) is 7.78. The lowest BCUT2D eigenvalue weighted by atomic mass is 9.86. The molecule has 3 aliphatic heterocycles. The Morgan fingerprint density at radius 2 is 1.64 bits per heavy atom. The lowest BCUT2D eigenvalue weighted by molar-refractivity contribution is -0.172. The number of carbonyl (C=O) groups excluding carboxylic acids is 6. The summed E-state index contributed by atoms with van der Waals surface area (Å²) < 4.78 is 48.9. The summed E-state index contributed by atoms with van der Waals surface area (Å²) in [6, 6.07) is 3.29. The minimum Gasteiger partial charge on any atom is -0.458 e. The third kappa shape index (κ3) is 15.1. The van der Waals surface area contributed by atoms with Crippen molar-refractivity contribution in [3.05, 3.63) is 69.4 Å². The summed E-state index contributed by atoms with van der Waals surface area (Å²) in [5, 5.41) is 31.0. The molecule has 8 rings (SSSR count). The third-order valence-electron chi connectivity index (χ3n) is 15.1. The number of esters is 1. The van der Waals surface area contributed by atoms with Crippen LogP contribution in [-0.2, 0) is 79.8 Å². The van der Waals surface area contributed by atoms with Crippen molar-refractivity contribution in [2.24, 2.45) is 5.92 Å². The molecule has 0 aliphatic carbocycles. The molecule has 0 radical (unpaired) electrons. The van der Waals surface area contributed by atoms with E-state index >= 15 is 0 Å². The fourth-order valence-electron chi connectivity index (χ4n) is 10.4. The number of unbranched alkanes of at least 4 members (excludes halogenated alkanes) is 3. The van der Waals surface area contributed by atoms with Crippen LogP contribution in [0.5, 0.6) is 11.5 Å². The van der Waals surface area contributed by atoms with Gasteiger partial charge in [-0.15, -0.1) is 5.10 Å². The molecule has 28 heteroatoms. The van der Waals surface area contributed by atoms with E-state index in [4.69, 9.17) is 23.9 Å². The number of ether oxygens (including phenoxy) is 4. The topological polar surface area (TPSA) is 340 Å². The first-order valence-electron chi connectivity index (χ1n) is 28.6. The number of nitrogens with zero attached hydrogens (tertiary/aromatic N) is 9. The largest absolute Gasteiger partial charge is 0.458 e. The molecule has 0 unspecified atom stereocenters. The number of rotatable bonds is 30. The fraction of sp³-hybridized carbons (Fsp3) is 0.544. The number of hydrogen-bond acceptors (Lipinski definition) is 20. The Kier molecular flexibility index (Phi) is 20.7. The Labute approximate surface area is 491 Å². The number of aliphatic hydroxyl groups is 1. The van der Waals surface area contributed by atoms with E-state index in [0.29, 0.717) is 91.3 Å². The van der Waals surface area contributed by atoms with Crippen LogP contribution in [0.2, 0.25) is 0 Å². The van der Waals surface area contributed by atoms with E-state index in [1.807, 2.05) is 32.0 Å². The summed E-state index contributed by atoms with van der Waals surface area (Å²) in [5.74, 6) is -2.53. The lowest BCUT2D eigenvalue weighted by Gasteiger charge is -2.31. The van der Waals surface area contributed by atoms with E-state index in [1.165, 1.54) is 12.4 Å². The van der Waals surface area contributed by atoms with Gasteiger partial charge in [-0.05, 0) is 95.6 Å². The molecule has 5 aromatic rings. The van der Waals surface area contributed by atoms with Gasteiger partial charge in [-0.2, -0.15) is 0 Å². The maximum Gasteiger partial charge on any atom is 0.343 e. The molecule has 4 aromatic heterocycles. The number of cyclic esters (lactones) is 1. The molecule has 3 aliphatic rings. The van der Waals surface area contributed by atoms with Crippen LogP contribution in [0.25, 0.3) is 33.5 Å². The summed E-state index contributed by atoms with van der Waals surface area (Å²) in [5.41, 5.74) is 2.03. The molecule has 458 valence electrons. The van der Waals surface area contributed by atoms with E-state index < -0.39 is 63.3 Å². The lowest BCUT2D eigenvalue weighted by Crippen LogP contribution is -2.56. The first-order valence-corrected chi connectivity index (χ1v) is 30.5. The number of benzene rings is 1. The van der Waals surface area contributed by atoms with Crippen molar-refractivity contribution < 1.29 is 61.2 Å². The average molecular weight is 1200 g/mol. The summed E-state index contributed by atoms with van der Waals surface area (Å²) in [4.78, 5) is 111. The van der Waals surface area contributed by atoms with Crippen molar-refractivity contribution in [3.8, 4) is 34.1 Å². The Hall–Kier alpha value is -7.95. The van der Waals surface area contributed by atoms with E-state index in [0.717, 1.165) is 35.7 Å². The zero-order chi connectivity index (χ0) is 61.2. The second-order valence-electron chi connectivity index (χ2n) is 22.0. The molecule has 5 amide bonds. The summed E-state index contributed by atoms with van der Waals surface area (Å²) in [6.07, 6.45) is 10.0. The third-order valence-corrected chi connectivity index (χ3v) is 16.0. The number of aryl methyl sites for hydroxylation is 1. The zero-order valence-electron chi connectivity index (χ0n) is 49.0. The number of carbonyl (C=O) groups is 6. The van der Waals surface area contributed by atoms with Crippen molar-refractivity contribution in [2.75, 3.05) is 66.7 Å². The van der Waals surface area contributed by atoms with Crippen LogP contribution in [-0.4, -0.2) is 172 Å². The number of aromatic nitrogens is 7. The zero-order valence-corrected chi connectivity index (χ0v) is 49.8. The molecular weight excluding hydrogens is 1120 g/mol. The predicted molar refractivity (Wildman–Crippen MR) is 307 cm³/mol.